The van der Waals surface area contributed by atoms with Crippen LogP contribution in [0.2, 0.25) is 0 Å². The van der Waals surface area contributed by atoms with Gasteiger partial charge in [0.15, 0.2) is 0 Å². The number of ether oxygens (including phenoxy) is 1. The number of hydrogen-bond donors (Lipinski definition) is 0. The maximum absolute atomic E-state index is 11.4. The van der Waals surface area contributed by atoms with E-state index in [1.165, 1.54) is 25.7 Å². The Balaban J connectivity index is 3.20. The molecule has 110 valence electrons. The van der Waals surface area contributed by atoms with Gasteiger partial charge in [-0.25, -0.2) is 0 Å². The maximum atomic E-state index is 11.4. The number of carbonyl (C=O) groups excluding carboxylic acids is 1. The van der Waals surface area contributed by atoms with Crippen LogP contribution in [0.25, 0.3) is 0 Å². The van der Waals surface area contributed by atoms with Crippen molar-refractivity contribution in [3.05, 3.63) is 24.3 Å². The summed E-state index contributed by atoms with van der Waals surface area (Å²) in [6.45, 7) is 4.63. The van der Waals surface area contributed by atoms with Gasteiger partial charge in [-0.05, 0) is 46.0 Å². The third kappa shape index (κ3) is 14.9. The van der Waals surface area contributed by atoms with Gasteiger partial charge < -0.3 is 4.74 Å². The molecule has 0 heterocycles. The second kappa shape index (κ2) is 15.0. The quantitative estimate of drug-likeness (QED) is 0.276. The van der Waals surface area contributed by atoms with Gasteiger partial charge in [-0.15, -0.1) is 0 Å². The van der Waals surface area contributed by atoms with E-state index >= 15 is 0 Å². The van der Waals surface area contributed by atoms with E-state index in [0.717, 1.165) is 25.7 Å². The summed E-state index contributed by atoms with van der Waals surface area (Å²) in [7, 11) is 0. The van der Waals surface area contributed by atoms with Crippen LogP contribution in [0.1, 0.15) is 71.6 Å². The Labute approximate surface area is 118 Å². The Morgan fingerprint density at radius 2 is 1.42 bits per heavy atom. The van der Waals surface area contributed by atoms with Crippen molar-refractivity contribution in [2.24, 2.45) is 0 Å². The first-order valence-corrected chi connectivity index (χ1v) is 7.69. The van der Waals surface area contributed by atoms with Crippen LogP contribution in [-0.4, -0.2) is 12.6 Å². The highest BCUT2D eigenvalue weighted by Gasteiger charge is 2.01. The van der Waals surface area contributed by atoms with E-state index < -0.39 is 0 Å². The van der Waals surface area contributed by atoms with Gasteiger partial charge in [-0.3, -0.25) is 4.79 Å². The van der Waals surface area contributed by atoms with Crippen molar-refractivity contribution < 1.29 is 9.53 Å². The molecule has 2 heteroatoms. The van der Waals surface area contributed by atoms with E-state index in [9.17, 15) is 4.79 Å². The minimum Gasteiger partial charge on any atom is -0.466 e. The molecule has 0 aliphatic carbocycles. The Hall–Kier alpha value is -1.05. The summed E-state index contributed by atoms with van der Waals surface area (Å²) >= 11 is 0. The molecule has 0 aromatic rings. The molecule has 0 aromatic heterocycles. The summed E-state index contributed by atoms with van der Waals surface area (Å²) in [5, 5.41) is 0. The third-order valence-corrected chi connectivity index (χ3v) is 3.00. The van der Waals surface area contributed by atoms with Crippen molar-refractivity contribution in [2.75, 3.05) is 6.61 Å². The Bertz CT molecular complexity index is 254. The van der Waals surface area contributed by atoms with Crippen molar-refractivity contribution in [3.63, 3.8) is 0 Å². The molecule has 0 unspecified atom stereocenters. The first-order chi connectivity index (χ1) is 9.31. The lowest BCUT2D eigenvalue weighted by Crippen LogP contribution is -2.05. The lowest BCUT2D eigenvalue weighted by atomic mass is 10.1. The molecule has 0 fully saturated rings. The summed E-state index contributed by atoms with van der Waals surface area (Å²) < 4.78 is 5.17. The fraction of sp³-hybridized carbons (Fsp3) is 0.706. The molecule has 0 spiro atoms. The Morgan fingerprint density at radius 3 is 2.11 bits per heavy atom. The van der Waals surface area contributed by atoms with Crippen LogP contribution in [0.5, 0.6) is 0 Å². The fourth-order valence-corrected chi connectivity index (χ4v) is 1.85. The standard InChI is InChI=1S/C17H30O2/c1-3-5-7-9-10-11-12-13-15-17(18)19-16-14-8-6-4-2/h3-6H,7-16H2,1-2H3/b5-3?,6-4+. The summed E-state index contributed by atoms with van der Waals surface area (Å²) in [6.07, 6.45) is 18.0. The summed E-state index contributed by atoms with van der Waals surface area (Å²) in [6, 6.07) is 0. The molecule has 19 heavy (non-hydrogen) atoms. The van der Waals surface area contributed by atoms with E-state index in [4.69, 9.17) is 4.74 Å². The molecule has 0 radical (unpaired) electrons. The third-order valence-electron chi connectivity index (χ3n) is 3.00. The minimum atomic E-state index is -0.0330. The summed E-state index contributed by atoms with van der Waals surface area (Å²) in [5.41, 5.74) is 0. The van der Waals surface area contributed by atoms with Crippen LogP contribution in [-0.2, 0) is 9.53 Å². The second-order valence-corrected chi connectivity index (χ2v) is 4.81. The molecule has 0 atom stereocenters. The number of hydrogen-bond acceptors (Lipinski definition) is 2. The summed E-state index contributed by atoms with van der Waals surface area (Å²) in [4.78, 5) is 11.4. The van der Waals surface area contributed by atoms with Crippen molar-refractivity contribution >= 4 is 5.97 Å². The number of esters is 1. The van der Waals surface area contributed by atoms with E-state index in [0.29, 0.717) is 13.0 Å². The highest BCUT2D eigenvalue weighted by molar-refractivity contribution is 5.69. The smallest absolute Gasteiger partial charge is 0.305 e. The second-order valence-electron chi connectivity index (χ2n) is 4.81. The predicted octanol–water partition coefficient (Wildman–Crippen LogP) is 5.19. The Morgan fingerprint density at radius 1 is 0.842 bits per heavy atom. The van der Waals surface area contributed by atoms with E-state index in [1.54, 1.807) is 0 Å². The van der Waals surface area contributed by atoms with Crippen LogP contribution in [0.4, 0.5) is 0 Å². The molecule has 0 N–H and O–H groups in total. The topological polar surface area (TPSA) is 26.3 Å². The van der Waals surface area contributed by atoms with Gasteiger partial charge >= 0.3 is 5.97 Å². The van der Waals surface area contributed by atoms with Crippen LogP contribution >= 0.6 is 0 Å². The zero-order chi connectivity index (χ0) is 14.2. The molecular weight excluding hydrogens is 236 g/mol. The molecular formula is C17H30O2. The maximum Gasteiger partial charge on any atom is 0.305 e. The molecule has 0 saturated heterocycles. The molecule has 0 aliphatic heterocycles. The largest absolute Gasteiger partial charge is 0.466 e. The average Bonchev–Trinajstić information content (AvgIpc) is 2.41. The van der Waals surface area contributed by atoms with E-state index in [2.05, 4.69) is 25.2 Å². The average molecular weight is 266 g/mol. The van der Waals surface area contributed by atoms with Gasteiger partial charge in [0.2, 0.25) is 0 Å². The van der Waals surface area contributed by atoms with E-state index in [-0.39, 0.29) is 5.97 Å². The van der Waals surface area contributed by atoms with Crippen LogP contribution in [0.3, 0.4) is 0 Å². The van der Waals surface area contributed by atoms with Gasteiger partial charge in [0.25, 0.3) is 0 Å². The van der Waals surface area contributed by atoms with Crippen LogP contribution < -0.4 is 0 Å². The number of allylic oxidation sites excluding steroid dienone is 4. The van der Waals surface area contributed by atoms with Gasteiger partial charge in [-0.2, -0.15) is 0 Å². The zero-order valence-electron chi connectivity index (χ0n) is 12.7. The minimum absolute atomic E-state index is 0.0330. The van der Waals surface area contributed by atoms with E-state index in [1.807, 2.05) is 13.0 Å². The SMILES string of the molecule is CC=CCCCCCCCC(=O)OCCC/C=C/C. The van der Waals surface area contributed by atoms with Crippen molar-refractivity contribution in [3.8, 4) is 0 Å². The lowest BCUT2D eigenvalue weighted by Gasteiger charge is -2.03. The van der Waals surface area contributed by atoms with Crippen LogP contribution in [0, 0.1) is 0 Å². The van der Waals surface area contributed by atoms with Gasteiger partial charge in [0, 0.05) is 6.42 Å². The molecule has 0 rings (SSSR count). The Kier molecular flexibility index (Phi) is 14.2. The molecule has 0 saturated carbocycles. The fourth-order valence-electron chi connectivity index (χ4n) is 1.85. The molecule has 0 aromatic carbocycles. The number of unbranched alkanes of at least 4 members (excludes halogenated alkanes) is 6. The molecule has 2 nitrogen and oxygen atoms in total. The first-order valence-electron chi connectivity index (χ1n) is 7.69. The van der Waals surface area contributed by atoms with Crippen molar-refractivity contribution in [1.29, 1.82) is 0 Å². The lowest BCUT2D eigenvalue weighted by molar-refractivity contribution is -0.143. The van der Waals surface area contributed by atoms with Crippen molar-refractivity contribution in [1.82, 2.24) is 0 Å². The van der Waals surface area contributed by atoms with Crippen LogP contribution in [0.15, 0.2) is 24.3 Å². The number of rotatable bonds is 12. The zero-order valence-corrected chi connectivity index (χ0v) is 12.7. The molecule has 0 aliphatic rings. The highest BCUT2D eigenvalue weighted by atomic mass is 16.5. The first kappa shape index (κ1) is 17.9. The molecule has 0 bridgehead atoms. The summed E-state index contributed by atoms with van der Waals surface area (Å²) in [5.74, 6) is -0.0330. The normalized spacial score (nSPS) is 11.5. The van der Waals surface area contributed by atoms with Gasteiger partial charge in [0.05, 0.1) is 6.61 Å². The highest BCUT2D eigenvalue weighted by Crippen LogP contribution is 2.08. The monoisotopic (exact) mass is 266 g/mol. The van der Waals surface area contributed by atoms with Gasteiger partial charge in [-0.1, -0.05) is 43.6 Å². The number of carbonyl (C=O) groups is 1. The molecule has 0 amide bonds. The van der Waals surface area contributed by atoms with Crippen molar-refractivity contribution in [2.45, 2.75) is 71.6 Å². The van der Waals surface area contributed by atoms with Gasteiger partial charge in [0.1, 0.15) is 0 Å². The predicted molar refractivity (Wildman–Crippen MR) is 82.1 cm³/mol.